The average molecular weight is 243 g/mol. The second-order valence-corrected chi connectivity index (χ2v) is 5.71. The maximum atomic E-state index is 12.6. The first-order valence-electron chi connectivity index (χ1n) is 7.16. The summed E-state index contributed by atoms with van der Waals surface area (Å²) in [6.07, 6.45) is 6.97. The molecule has 1 fully saturated rings. The highest BCUT2D eigenvalue weighted by Gasteiger charge is 2.30. The predicted octanol–water partition coefficient (Wildman–Crippen LogP) is 3.46. The quantitative estimate of drug-likeness (QED) is 0.739. The maximum absolute atomic E-state index is 12.6. The Morgan fingerprint density at radius 3 is 2.78 bits per heavy atom. The summed E-state index contributed by atoms with van der Waals surface area (Å²) in [6, 6.07) is 6.47. The van der Waals surface area contributed by atoms with E-state index in [4.69, 9.17) is 0 Å². The standard InChI is InChI=1S/C16H21NO/c1-12-7-8-15-14(11-12)9-10-17(15)16(18)13-5-3-2-4-6-13/h7-8,11,13H,2-6,9-10H2,1H3. The van der Waals surface area contributed by atoms with E-state index in [9.17, 15) is 4.79 Å². The molecule has 1 aliphatic heterocycles. The van der Waals surface area contributed by atoms with E-state index in [-0.39, 0.29) is 5.92 Å². The number of fused-ring (bicyclic) bond motifs is 1. The smallest absolute Gasteiger partial charge is 0.230 e. The fourth-order valence-electron chi connectivity index (χ4n) is 3.33. The van der Waals surface area contributed by atoms with Gasteiger partial charge in [-0.1, -0.05) is 37.0 Å². The van der Waals surface area contributed by atoms with Crippen molar-refractivity contribution >= 4 is 11.6 Å². The van der Waals surface area contributed by atoms with E-state index in [0.717, 1.165) is 31.5 Å². The van der Waals surface area contributed by atoms with Gasteiger partial charge in [-0.3, -0.25) is 4.79 Å². The lowest BCUT2D eigenvalue weighted by Crippen LogP contribution is -2.35. The zero-order chi connectivity index (χ0) is 12.5. The van der Waals surface area contributed by atoms with Gasteiger partial charge in [0, 0.05) is 18.2 Å². The number of aryl methyl sites for hydroxylation is 1. The Bertz CT molecular complexity index is 460. The van der Waals surface area contributed by atoms with Crippen LogP contribution in [0, 0.1) is 12.8 Å². The Balaban J connectivity index is 1.80. The molecule has 2 aliphatic rings. The number of rotatable bonds is 1. The Morgan fingerprint density at radius 2 is 2.00 bits per heavy atom. The molecule has 1 amide bonds. The summed E-state index contributed by atoms with van der Waals surface area (Å²) in [7, 11) is 0. The molecule has 0 unspecified atom stereocenters. The topological polar surface area (TPSA) is 20.3 Å². The number of nitrogens with zero attached hydrogens (tertiary/aromatic N) is 1. The van der Waals surface area contributed by atoms with E-state index < -0.39 is 0 Å². The van der Waals surface area contributed by atoms with Crippen LogP contribution in [0.3, 0.4) is 0 Å². The van der Waals surface area contributed by atoms with Crippen LogP contribution in [0.5, 0.6) is 0 Å². The monoisotopic (exact) mass is 243 g/mol. The van der Waals surface area contributed by atoms with Gasteiger partial charge in [-0.05, 0) is 37.8 Å². The van der Waals surface area contributed by atoms with Gasteiger partial charge in [-0.15, -0.1) is 0 Å². The van der Waals surface area contributed by atoms with Crippen molar-refractivity contribution in [2.24, 2.45) is 5.92 Å². The molecule has 2 heteroatoms. The van der Waals surface area contributed by atoms with Crippen LogP contribution in [0.1, 0.15) is 43.2 Å². The molecule has 0 atom stereocenters. The molecular formula is C16H21NO. The normalized spacial score (nSPS) is 19.9. The highest BCUT2D eigenvalue weighted by molar-refractivity contribution is 5.97. The van der Waals surface area contributed by atoms with Crippen molar-refractivity contribution in [1.29, 1.82) is 0 Å². The second-order valence-electron chi connectivity index (χ2n) is 5.71. The fourth-order valence-corrected chi connectivity index (χ4v) is 3.33. The van der Waals surface area contributed by atoms with Gasteiger partial charge >= 0.3 is 0 Å². The minimum Gasteiger partial charge on any atom is -0.312 e. The zero-order valence-corrected chi connectivity index (χ0v) is 11.1. The van der Waals surface area contributed by atoms with Crippen LogP contribution < -0.4 is 4.90 Å². The number of benzene rings is 1. The molecule has 2 nitrogen and oxygen atoms in total. The Labute approximate surface area is 109 Å². The minimum atomic E-state index is 0.283. The van der Waals surface area contributed by atoms with E-state index in [1.165, 1.54) is 30.4 Å². The van der Waals surface area contributed by atoms with Crippen LogP contribution in [0.2, 0.25) is 0 Å². The number of hydrogen-bond donors (Lipinski definition) is 0. The molecule has 0 spiro atoms. The van der Waals surface area contributed by atoms with Crippen molar-refractivity contribution in [3.8, 4) is 0 Å². The summed E-state index contributed by atoms with van der Waals surface area (Å²) in [5.41, 5.74) is 3.80. The number of carbonyl (C=O) groups excluding carboxylic acids is 1. The van der Waals surface area contributed by atoms with Crippen LogP contribution in [0.4, 0.5) is 5.69 Å². The SMILES string of the molecule is Cc1ccc2c(c1)CCN2C(=O)C1CCCCC1. The van der Waals surface area contributed by atoms with E-state index in [1.54, 1.807) is 0 Å². The predicted molar refractivity (Wildman–Crippen MR) is 73.8 cm³/mol. The summed E-state index contributed by atoms with van der Waals surface area (Å²) in [6.45, 7) is 3.00. The van der Waals surface area contributed by atoms with E-state index in [0.29, 0.717) is 5.91 Å². The van der Waals surface area contributed by atoms with Gasteiger partial charge in [0.05, 0.1) is 0 Å². The lowest BCUT2D eigenvalue weighted by Gasteiger charge is -2.26. The highest BCUT2D eigenvalue weighted by Crippen LogP contribution is 2.33. The van der Waals surface area contributed by atoms with Crippen LogP contribution in [-0.2, 0) is 11.2 Å². The molecule has 96 valence electrons. The third-order valence-electron chi connectivity index (χ3n) is 4.35. The summed E-state index contributed by atoms with van der Waals surface area (Å²) in [5, 5.41) is 0. The Hall–Kier alpha value is -1.31. The lowest BCUT2D eigenvalue weighted by molar-refractivity contribution is -0.123. The van der Waals surface area contributed by atoms with Gasteiger partial charge in [0.2, 0.25) is 5.91 Å². The molecule has 1 saturated carbocycles. The molecule has 3 rings (SSSR count). The molecule has 1 aromatic rings. The van der Waals surface area contributed by atoms with E-state index >= 15 is 0 Å². The summed E-state index contributed by atoms with van der Waals surface area (Å²) in [5.74, 6) is 0.656. The van der Waals surface area contributed by atoms with Crippen molar-refractivity contribution in [2.75, 3.05) is 11.4 Å². The number of carbonyl (C=O) groups is 1. The molecule has 0 N–H and O–H groups in total. The third kappa shape index (κ3) is 2.05. The molecule has 18 heavy (non-hydrogen) atoms. The Morgan fingerprint density at radius 1 is 1.22 bits per heavy atom. The van der Waals surface area contributed by atoms with Crippen LogP contribution in [0.25, 0.3) is 0 Å². The van der Waals surface area contributed by atoms with Crippen molar-refractivity contribution < 1.29 is 4.79 Å². The summed E-state index contributed by atoms with van der Waals surface area (Å²) in [4.78, 5) is 14.6. The molecule has 1 aromatic carbocycles. The third-order valence-corrected chi connectivity index (χ3v) is 4.35. The largest absolute Gasteiger partial charge is 0.312 e. The zero-order valence-electron chi connectivity index (χ0n) is 11.1. The van der Waals surface area contributed by atoms with E-state index in [1.807, 2.05) is 4.90 Å². The van der Waals surface area contributed by atoms with Gasteiger partial charge in [0.25, 0.3) is 0 Å². The highest BCUT2D eigenvalue weighted by atomic mass is 16.2. The van der Waals surface area contributed by atoms with Gasteiger partial charge in [-0.25, -0.2) is 0 Å². The molecule has 0 radical (unpaired) electrons. The molecule has 1 aliphatic carbocycles. The molecule has 1 heterocycles. The fraction of sp³-hybridized carbons (Fsp3) is 0.562. The minimum absolute atomic E-state index is 0.283. The second kappa shape index (κ2) is 4.75. The van der Waals surface area contributed by atoms with Gasteiger partial charge in [0.15, 0.2) is 0 Å². The van der Waals surface area contributed by atoms with Gasteiger partial charge in [-0.2, -0.15) is 0 Å². The average Bonchev–Trinajstić information content (AvgIpc) is 2.81. The number of anilines is 1. The van der Waals surface area contributed by atoms with Crippen molar-refractivity contribution in [3.05, 3.63) is 29.3 Å². The number of amides is 1. The molecule has 0 aromatic heterocycles. The van der Waals surface area contributed by atoms with Crippen LogP contribution in [-0.4, -0.2) is 12.5 Å². The first kappa shape index (κ1) is 11.8. The maximum Gasteiger partial charge on any atom is 0.230 e. The molecule has 0 bridgehead atoms. The van der Waals surface area contributed by atoms with Crippen LogP contribution in [0.15, 0.2) is 18.2 Å². The van der Waals surface area contributed by atoms with Crippen molar-refractivity contribution in [1.82, 2.24) is 0 Å². The molecular weight excluding hydrogens is 222 g/mol. The number of hydrogen-bond acceptors (Lipinski definition) is 1. The Kier molecular flexibility index (Phi) is 3.11. The van der Waals surface area contributed by atoms with E-state index in [2.05, 4.69) is 25.1 Å². The lowest BCUT2D eigenvalue weighted by atomic mass is 9.88. The summed E-state index contributed by atoms with van der Waals surface area (Å²) >= 11 is 0. The first-order chi connectivity index (χ1) is 8.75. The van der Waals surface area contributed by atoms with Crippen LogP contribution >= 0.6 is 0 Å². The van der Waals surface area contributed by atoms with Crippen molar-refractivity contribution in [2.45, 2.75) is 45.4 Å². The van der Waals surface area contributed by atoms with Gasteiger partial charge < -0.3 is 4.90 Å². The summed E-state index contributed by atoms with van der Waals surface area (Å²) < 4.78 is 0. The first-order valence-corrected chi connectivity index (χ1v) is 7.16. The molecule has 0 saturated heterocycles. The van der Waals surface area contributed by atoms with Crippen molar-refractivity contribution in [3.63, 3.8) is 0 Å². The van der Waals surface area contributed by atoms with Gasteiger partial charge in [0.1, 0.15) is 0 Å².